The molecule has 2 atom stereocenters. The molecular weight excluding hydrogens is 318 g/mol. The molecule has 0 saturated heterocycles. The summed E-state index contributed by atoms with van der Waals surface area (Å²) < 4.78 is 27.2. The Labute approximate surface area is 135 Å². The van der Waals surface area contributed by atoms with Gasteiger partial charge < -0.3 is 10.6 Å². The Hall–Kier alpha value is -1.93. The summed E-state index contributed by atoms with van der Waals surface area (Å²) in [5.74, 6) is -0.929. The number of rotatable bonds is 6. The molecule has 0 bridgehead atoms. The minimum Gasteiger partial charge on any atom is -0.355 e. The molecule has 1 aliphatic rings. The second kappa shape index (κ2) is 6.67. The van der Waals surface area contributed by atoms with Crippen molar-refractivity contribution in [3.8, 4) is 0 Å². The fourth-order valence-corrected chi connectivity index (χ4v) is 3.56. The highest BCUT2D eigenvalue weighted by Gasteiger charge is 2.29. The third-order valence-electron chi connectivity index (χ3n) is 3.73. The molecule has 7 nitrogen and oxygen atoms in total. The lowest BCUT2D eigenvalue weighted by atomic mass is 10.0. The number of nitrogens with one attached hydrogen (secondary N) is 3. The van der Waals surface area contributed by atoms with E-state index in [1.165, 1.54) is 19.1 Å². The Morgan fingerprint density at radius 3 is 2.74 bits per heavy atom. The van der Waals surface area contributed by atoms with Gasteiger partial charge in [0.25, 0.3) is 0 Å². The summed E-state index contributed by atoms with van der Waals surface area (Å²) in [6, 6.07) is 3.57. The summed E-state index contributed by atoms with van der Waals surface area (Å²) in [6.07, 6.45) is 0.773. The molecule has 0 unspecified atom stereocenters. The summed E-state index contributed by atoms with van der Waals surface area (Å²) in [6.45, 7) is 5.61. The van der Waals surface area contributed by atoms with Crippen molar-refractivity contribution >= 4 is 27.5 Å². The monoisotopic (exact) mass is 339 g/mol. The highest BCUT2D eigenvalue weighted by atomic mass is 32.2. The zero-order chi connectivity index (χ0) is 17.2. The van der Waals surface area contributed by atoms with Crippen molar-refractivity contribution in [2.75, 3.05) is 11.9 Å². The highest BCUT2D eigenvalue weighted by Crippen LogP contribution is 2.33. The average molecular weight is 339 g/mol. The van der Waals surface area contributed by atoms with Crippen LogP contribution in [0.25, 0.3) is 0 Å². The zero-order valence-electron chi connectivity index (χ0n) is 13.3. The standard InChI is InChI=1S/C15H21N3O4S/c1-4-7-16-15(20)10(3)18-23(21,22)11-5-6-13-12(8-11)9(2)14(19)17-13/h5-6,8-10,18H,4,7H2,1-3H3,(H,16,20)(H,17,19)/t9-,10+/m1/s1. The predicted molar refractivity (Wildman–Crippen MR) is 86.6 cm³/mol. The van der Waals surface area contributed by atoms with Gasteiger partial charge in [-0.3, -0.25) is 9.59 Å². The van der Waals surface area contributed by atoms with Gasteiger partial charge in [-0.2, -0.15) is 4.72 Å². The summed E-state index contributed by atoms with van der Waals surface area (Å²) >= 11 is 0. The fourth-order valence-electron chi connectivity index (χ4n) is 2.32. The third kappa shape index (κ3) is 3.70. The molecule has 0 fully saturated rings. The molecule has 126 valence electrons. The molecule has 1 aromatic rings. The molecule has 1 heterocycles. The zero-order valence-corrected chi connectivity index (χ0v) is 14.2. The van der Waals surface area contributed by atoms with Gasteiger partial charge >= 0.3 is 0 Å². The van der Waals surface area contributed by atoms with E-state index in [4.69, 9.17) is 0 Å². The Bertz CT molecular complexity index is 730. The SMILES string of the molecule is CCCNC(=O)[C@H](C)NS(=O)(=O)c1ccc2c(c1)[C@@H](C)C(=O)N2. The molecule has 3 N–H and O–H groups in total. The van der Waals surface area contributed by atoms with Gasteiger partial charge in [0.2, 0.25) is 21.8 Å². The molecule has 8 heteroatoms. The maximum atomic E-state index is 12.4. The maximum absolute atomic E-state index is 12.4. The van der Waals surface area contributed by atoms with Crippen LogP contribution in [0, 0.1) is 0 Å². The first kappa shape index (κ1) is 17.4. The smallest absolute Gasteiger partial charge is 0.241 e. The van der Waals surface area contributed by atoms with Gasteiger partial charge in [-0.05, 0) is 44.0 Å². The second-order valence-electron chi connectivity index (χ2n) is 5.59. The van der Waals surface area contributed by atoms with E-state index in [1.807, 2.05) is 6.92 Å². The molecule has 1 aromatic carbocycles. The molecule has 0 aromatic heterocycles. The van der Waals surface area contributed by atoms with E-state index in [9.17, 15) is 18.0 Å². The Balaban J connectivity index is 2.18. The summed E-state index contributed by atoms with van der Waals surface area (Å²) in [7, 11) is -3.84. The first-order valence-corrected chi connectivity index (χ1v) is 8.99. The molecule has 0 aliphatic carbocycles. The molecule has 0 spiro atoms. The van der Waals surface area contributed by atoms with Gasteiger partial charge in [-0.25, -0.2) is 8.42 Å². The van der Waals surface area contributed by atoms with E-state index < -0.39 is 22.0 Å². The Morgan fingerprint density at radius 1 is 1.39 bits per heavy atom. The minimum absolute atomic E-state index is 0.0368. The molecule has 2 rings (SSSR count). The average Bonchev–Trinajstić information content (AvgIpc) is 2.78. The van der Waals surface area contributed by atoms with Gasteiger partial charge in [0.05, 0.1) is 16.9 Å². The number of benzene rings is 1. The van der Waals surface area contributed by atoms with Crippen LogP contribution in [0.5, 0.6) is 0 Å². The molecule has 23 heavy (non-hydrogen) atoms. The van der Waals surface area contributed by atoms with Crippen molar-refractivity contribution in [2.45, 2.75) is 44.0 Å². The first-order chi connectivity index (χ1) is 10.8. The predicted octanol–water partition coefficient (Wildman–Crippen LogP) is 0.935. The number of carbonyl (C=O) groups is 2. The molecular formula is C15H21N3O4S. The Kier molecular flexibility index (Phi) is 5.06. The largest absolute Gasteiger partial charge is 0.355 e. The van der Waals surface area contributed by atoms with Gasteiger partial charge in [0, 0.05) is 12.2 Å². The van der Waals surface area contributed by atoms with Crippen LogP contribution in [0.3, 0.4) is 0 Å². The number of carbonyl (C=O) groups excluding carboxylic acids is 2. The topological polar surface area (TPSA) is 104 Å². The lowest BCUT2D eigenvalue weighted by Gasteiger charge is -2.15. The lowest BCUT2D eigenvalue weighted by Crippen LogP contribution is -2.44. The Morgan fingerprint density at radius 2 is 2.09 bits per heavy atom. The highest BCUT2D eigenvalue weighted by molar-refractivity contribution is 7.89. The van der Waals surface area contributed by atoms with Crippen molar-refractivity contribution in [3.05, 3.63) is 23.8 Å². The van der Waals surface area contributed by atoms with Crippen LogP contribution >= 0.6 is 0 Å². The normalized spacial score (nSPS) is 18.2. The van der Waals surface area contributed by atoms with Crippen molar-refractivity contribution in [1.29, 1.82) is 0 Å². The van der Waals surface area contributed by atoms with Crippen LogP contribution < -0.4 is 15.4 Å². The van der Waals surface area contributed by atoms with Crippen LogP contribution in [0.15, 0.2) is 23.1 Å². The van der Waals surface area contributed by atoms with Crippen LogP contribution in [-0.2, 0) is 19.6 Å². The van der Waals surface area contributed by atoms with Crippen molar-refractivity contribution in [2.24, 2.45) is 0 Å². The molecule has 0 radical (unpaired) electrons. The number of fused-ring (bicyclic) bond motifs is 1. The van der Waals surface area contributed by atoms with Crippen LogP contribution in [-0.4, -0.2) is 32.8 Å². The number of hydrogen-bond donors (Lipinski definition) is 3. The molecule has 0 saturated carbocycles. The van der Waals surface area contributed by atoms with Crippen LogP contribution in [0.1, 0.15) is 38.7 Å². The van der Waals surface area contributed by atoms with E-state index in [0.29, 0.717) is 17.8 Å². The number of sulfonamides is 1. The lowest BCUT2D eigenvalue weighted by molar-refractivity contribution is -0.122. The van der Waals surface area contributed by atoms with E-state index in [1.54, 1.807) is 13.0 Å². The van der Waals surface area contributed by atoms with E-state index in [-0.39, 0.29) is 16.7 Å². The quantitative estimate of drug-likeness (QED) is 0.717. The van der Waals surface area contributed by atoms with Gasteiger partial charge in [-0.1, -0.05) is 6.92 Å². The maximum Gasteiger partial charge on any atom is 0.241 e. The summed E-state index contributed by atoms with van der Waals surface area (Å²) in [5, 5.41) is 5.33. The minimum atomic E-state index is -3.84. The van der Waals surface area contributed by atoms with Gasteiger partial charge in [-0.15, -0.1) is 0 Å². The fraction of sp³-hybridized carbons (Fsp3) is 0.467. The molecule has 2 amide bonds. The van der Waals surface area contributed by atoms with E-state index in [2.05, 4.69) is 15.4 Å². The number of anilines is 1. The summed E-state index contributed by atoms with van der Waals surface area (Å²) in [5.41, 5.74) is 1.26. The first-order valence-electron chi connectivity index (χ1n) is 7.51. The third-order valence-corrected chi connectivity index (χ3v) is 5.26. The molecule has 1 aliphatic heterocycles. The number of hydrogen-bond acceptors (Lipinski definition) is 4. The van der Waals surface area contributed by atoms with Gasteiger partial charge in [0.15, 0.2) is 0 Å². The van der Waals surface area contributed by atoms with Gasteiger partial charge in [0.1, 0.15) is 0 Å². The summed E-state index contributed by atoms with van der Waals surface area (Å²) in [4.78, 5) is 23.5. The van der Waals surface area contributed by atoms with Crippen LogP contribution in [0.4, 0.5) is 5.69 Å². The van der Waals surface area contributed by atoms with Crippen molar-refractivity contribution in [3.63, 3.8) is 0 Å². The van der Waals surface area contributed by atoms with E-state index in [0.717, 1.165) is 6.42 Å². The number of amides is 2. The van der Waals surface area contributed by atoms with Crippen molar-refractivity contribution < 1.29 is 18.0 Å². The van der Waals surface area contributed by atoms with Crippen molar-refractivity contribution in [1.82, 2.24) is 10.0 Å². The van der Waals surface area contributed by atoms with Crippen LogP contribution in [0.2, 0.25) is 0 Å². The van der Waals surface area contributed by atoms with E-state index >= 15 is 0 Å². The second-order valence-corrected chi connectivity index (χ2v) is 7.31.